The molecule has 0 radical (unpaired) electrons. The zero-order valence-electron chi connectivity index (χ0n) is 18.1. The molecule has 0 fully saturated rings. The van der Waals surface area contributed by atoms with E-state index in [0.29, 0.717) is 5.69 Å². The van der Waals surface area contributed by atoms with Crippen LogP contribution in [-0.4, -0.2) is 31.4 Å². The molecule has 178 valence electrons. The molecule has 0 bridgehead atoms. The van der Waals surface area contributed by atoms with Gasteiger partial charge in [0.05, 0.1) is 28.9 Å². The number of hydrogen-bond donors (Lipinski definition) is 1. The fourth-order valence-electron chi connectivity index (χ4n) is 3.56. The largest absolute Gasteiger partial charge is 0.493 e. The van der Waals surface area contributed by atoms with Gasteiger partial charge in [0.25, 0.3) is 11.8 Å². The summed E-state index contributed by atoms with van der Waals surface area (Å²) in [5, 5.41) is 2.65. The van der Waals surface area contributed by atoms with Crippen molar-refractivity contribution in [2.75, 3.05) is 17.3 Å². The van der Waals surface area contributed by atoms with Crippen molar-refractivity contribution < 1.29 is 32.6 Å². The van der Waals surface area contributed by atoms with Gasteiger partial charge in [-0.1, -0.05) is 35.9 Å². The third kappa shape index (κ3) is 4.85. The van der Waals surface area contributed by atoms with Crippen LogP contribution in [0.15, 0.2) is 66.7 Å². The Bertz CT molecular complexity index is 1320. The molecule has 0 saturated heterocycles. The molecule has 1 aliphatic heterocycles. The highest BCUT2D eigenvalue weighted by molar-refractivity contribution is 6.40. The number of ether oxygens (including phenoxy) is 2. The lowest BCUT2D eigenvalue weighted by Crippen LogP contribution is -2.29. The molecule has 35 heavy (non-hydrogen) atoms. The molecule has 3 amide bonds. The van der Waals surface area contributed by atoms with E-state index < -0.39 is 24.3 Å². The SMILES string of the molecule is COc1cccc(/C=C/C(=O)Nc2ccc(N3C(=O)c4ccccc4C3=O)c(Cl)c2)c1OC(F)F. The van der Waals surface area contributed by atoms with Crippen LogP contribution >= 0.6 is 11.6 Å². The van der Waals surface area contributed by atoms with Crippen LogP contribution in [0.5, 0.6) is 11.5 Å². The van der Waals surface area contributed by atoms with Crippen molar-refractivity contribution in [1.82, 2.24) is 0 Å². The van der Waals surface area contributed by atoms with E-state index in [1.807, 2.05) is 0 Å². The number of fused-ring (bicyclic) bond motifs is 1. The van der Waals surface area contributed by atoms with Crippen LogP contribution in [0.3, 0.4) is 0 Å². The van der Waals surface area contributed by atoms with Gasteiger partial charge in [-0.3, -0.25) is 14.4 Å². The molecule has 1 heterocycles. The number of halogens is 3. The number of methoxy groups -OCH3 is 1. The molecule has 1 aliphatic rings. The van der Waals surface area contributed by atoms with Crippen molar-refractivity contribution in [2.45, 2.75) is 6.61 Å². The second-order valence-electron chi connectivity index (χ2n) is 7.24. The van der Waals surface area contributed by atoms with Gasteiger partial charge in [0.2, 0.25) is 5.91 Å². The Kier molecular flexibility index (Phi) is 6.79. The number of nitrogens with one attached hydrogen (secondary N) is 1. The molecule has 0 aromatic heterocycles. The molecule has 0 unspecified atom stereocenters. The Morgan fingerprint density at radius 1 is 1.03 bits per heavy atom. The minimum absolute atomic E-state index is 0.0710. The van der Waals surface area contributed by atoms with Crippen molar-refractivity contribution in [3.05, 3.63) is 88.5 Å². The highest BCUT2D eigenvalue weighted by Gasteiger charge is 2.37. The van der Waals surface area contributed by atoms with Gasteiger partial charge in [0, 0.05) is 17.3 Å². The number of hydrogen-bond acceptors (Lipinski definition) is 5. The monoisotopic (exact) mass is 498 g/mol. The maximum atomic E-state index is 12.8. The van der Waals surface area contributed by atoms with Gasteiger partial charge >= 0.3 is 6.61 Å². The number of nitrogens with zero attached hydrogens (tertiary/aromatic N) is 1. The van der Waals surface area contributed by atoms with Crippen LogP contribution < -0.4 is 19.7 Å². The summed E-state index contributed by atoms with van der Waals surface area (Å²) in [6.45, 7) is -3.07. The summed E-state index contributed by atoms with van der Waals surface area (Å²) in [5.74, 6) is -1.69. The average Bonchev–Trinajstić information content (AvgIpc) is 3.08. The summed E-state index contributed by atoms with van der Waals surface area (Å²) >= 11 is 6.33. The van der Waals surface area contributed by atoms with Crippen LogP contribution in [0.4, 0.5) is 20.2 Å². The van der Waals surface area contributed by atoms with Gasteiger partial charge in [-0.25, -0.2) is 4.90 Å². The summed E-state index contributed by atoms with van der Waals surface area (Å²) in [5.41, 5.74) is 1.24. The molecule has 4 rings (SSSR count). The number of anilines is 2. The number of alkyl halides is 2. The van der Waals surface area contributed by atoms with E-state index in [0.717, 1.165) is 11.0 Å². The number of carbonyl (C=O) groups is 3. The molecule has 1 N–H and O–H groups in total. The Labute approximate surface area is 203 Å². The second-order valence-corrected chi connectivity index (χ2v) is 7.64. The van der Waals surface area contributed by atoms with Crippen LogP contribution in [-0.2, 0) is 4.79 Å². The Hall–Kier alpha value is -4.24. The standard InChI is InChI=1S/C25H17ClF2N2O5/c1-34-20-8-4-5-14(22(20)35-25(27)28)9-12-21(31)29-15-10-11-19(18(26)13-15)30-23(32)16-6-2-3-7-17(16)24(30)33/h2-13,25H,1H3,(H,29,31)/b12-9+. The van der Waals surface area contributed by atoms with Gasteiger partial charge in [-0.15, -0.1) is 0 Å². The molecular weight excluding hydrogens is 482 g/mol. The molecule has 0 atom stereocenters. The van der Waals surface area contributed by atoms with Crippen molar-refractivity contribution >= 4 is 46.8 Å². The molecule has 0 spiro atoms. The molecule has 0 aliphatic carbocycles. The first-order chi connectivity index (χ1) is 16.8. The topological polar surface area (TPSA) is 84.9 Å². The van der Waals surface area contributed by atoms with Gasteiger partial charge in [0.15, 0.2) is 11.5 Å². The van der Waals surface area contributed by atoms with E-state index in [2.05, 4.69) is 10.1 Å². The van der Waals surface area contributed by atoms with Crippen LogP contribution in [0.2, 0.25) is 5.02 Å². The lowest BCUT2D eigenvalue weighted by atomic mass is 10.1. The fourth-order valence-corrected chi connectivity index (χ4v) is 3.83. The lowest BCUT2D eigenvalue weighted by molar-refractivity contribution is -0.111. The normalized spacial score (nSPS) is 12.9. The zero-order valence-corrected chi connectivity index (χ0v) is 18.9. The van der Waals surface area contributed by atoms with E-state index in [9.17, 15) is 23.2 Å². The maximum absolute atomic E-state index is 12.8. The Balaban J connectivity index is 1.50. The van der Waals surface area contributed by atoms with Gasteiger partial charge < -0.3 is 14.8 Å². The first-order valence-corrected chi connectivity index (χ1v) is 10.6. The van der Waals surface area contributed by atoms with E-state index >= 15 is 0 Å². The maximum Gasteiger partial charge on any atom is 0.387 e. The molecule has 3 aromatic rings. The average molecular weight is 499 g/mol. The first kappa shape index (κ1) is 23.9. The minimum atomic E-state index is -3.07. The highest BCUT2D eigenvalue weighted by Crippen LogP contribution is 2.35. The third-order valence-electron chi connectivity index (χ3n) is 5.10. The van der Waals surface area contributed by atoms with E-state index in [-0.39, 0.29) is 38.9 Å². The van der Waals surface area contributed by atoms with Crippen LogP contribution in [0, 0.1) is 0 Å². The molecular formula is C25H17ClF2N2O5. The summed E-state index contributed by atoms with van der Waals surface area (Å²) in [4.78, 5) is 38.7. The van der Waals surface area contributed by atoms with Gasteiger partial charge in [-0.05, 0) is 42.5 Å². The molecule has 0 saturated carbocycles. The number of benzene rings is 3. The minimum Gasteiger partial charge on any atom is -0.493 e. The van der Waals surface area contributed by atoms with Crippen LogP contribution in [0.1, 0.15) is 26.3 Å². The summed E-state index contributed by atoms with van der Waals surface area (Å²) < 4.78 is 35.1. The zero-order chi connectivity index (χ0) is 25.1. The summed E-state index contributed by atoms with van der Waals surface area (Å²) in [6, 6.07) is 15.3. The van der Waals surface area contributed by atoms with Crippen molar-refractivity contribution in [3.63, 3.8) is 0 Å². The van der Waals surface area contributed by atoms with Crippen molar-refractivity contribution in [1.29, 1.82) is 0 Å². The predicted molar refractivity (Wildman–Crippen MR) is 126 cm³/mol. The lowest BCUT2D eigenvalue weighted by Gasteiger charge is -2.16. The number of imide groups is 1. The number of carbonyl (C=O) groups excluding carboxylic acids is 3. The Morgan fingerprint density at radius 3 is 2.31 bits per heavy atom. The van der Waals surface area contributed by atoms with E-state index in [1.165, 1.54) is 43.5 Å². The van der Waals surface area contributed by atoms with Crippen LogP contribution in [0.25, 0.3) is 6.08 Å². The number of para-hydroxylation sites is 1. The van der Waals surface area contributed by atoms with E-state index in [4.69, 9.17) is 16.3 Å². The van der Waals surface area contributed by atoms with Gasteiger partial charge in [0.1, 0.15) is 0 Å². The van der Waals surface area contributed by atoms with E-state index in [1.54, 1.807) is 30.3 Å². The smallest absolute Gasteiger partial charge is 0.387 e. The molecule has 7 nitrogen and oxygen atoms in total. The third-order valence-corrected chi connectivity index (χ3v) is 5.40. The quantitative estimate of drug-likeness (QED) is 0.348. The molecule has 10 heteroatoms. The highest BCUT2D eigenvalue weighted by atomic mass is 35.5. The second kappa shape index (κ2) is 9.94. The summed E-state index contributed by atoms with van der Waals surface area (Å²) in [7, 11) is 1.31. The predicted octanol–water partition coefficient (Wildman–Crippen LogP) is 5.40. The Morgan fingerprint density at radius 2 is 1.71 bits per heavy atom. The van der Waals surface area contributed by atoms with Crippen molar-refractivity contribution in [3.8, 4) is 11.5 Å². The number of rotatable bonds is 7. The molecule has 3 aromatic carbocycles. The fraction of sp³-hybridized carbons (Fsp3) is 0.0800. The van der Waals surface area contributed by atoms with Crippen molar-refractivity contribution in [2.24, 2.45) is 0 Å². The number of amides is 3. The summed E-state index contributed by atoms with van der Waals surface area (Å²) in [6.07, 6.45) is 2.42. The van der Waals surface area contributed by atoms with Gasteiger partial charge in [-0.2, -0.15) is 8.78 Å². The first-order valence-electron chi connectivity index (χ1n) is 10.2.